The number of carbonyl (C=O) groups is 3. The first-order valence-electron chi connectivity index (χ1n) is 13.2. The quantitative estimate of drug-likeness (QED) is 0.199. The third-order valence-corrected chi connectivity index (χ3v) is 6.69. The van der Waals surface area contributed by atoms with E-state index in [2.05, 4.69) is 6.58 Å². The van der Waals surface area contributed by atoms with Gasteiger partial charge in [-0.25, -0.2) is 4.79 Å². The van der Waals surface area contributed by atoms with Gasteiger partial charge in [-0.1, -0.05) is 73.7 Å². The number of carboxylic acids is 1. The summed E-state index contributed by atoms with van der Waals surface area (Å²) in [6.07, 6.45) is 5.66. The van der Waals surface area contributed by atoms with Crippen molar-refractivity contribution < 1.29 is 29.0 Å². The number of aliphatic carboxylic acids is 1. The Bertz CT molecular complexity index is 1300. The fraction of sp³-hybridized carbons (Fsp3) is 0.281. The van der Waals surface area contributed by atoms with E-state index in [-0.39, 0.29) is 17.5 Å². The Kier molecular flexibility index (Phi) is 9.64. The van der Waals surface area contributed by atoms with Crippen molar-refractivity contribution in [3.8, 4) is 5.75 Å². The smallest absolute Gasteiger partial charge is 0.327 e. The molecule has 4 rings (SSSR count). The number of ether oxygens (including phenoxy) is 2. The molecule has 1 aliphatic rings. The van der Waals surface area contributed by atoms with Crippen molar-refractivity contribution in [2.75, 3.05) is 13.2 Å². The van der Waals surface area contributed by atoms with Gasteiger partial charge in [0, 0.05) is 13.0 Å². The number of hydrogen-bond acceptors (Lipinski definition) is 5. The molecule has 0 saturated carbocycles. The van der Waals surface area contributed by atoms with Crippen molar-refractivity contribution in [3.05, 3.63) is 107 Å². The maximum Gasteiger partial charge on any atom is 0.327 e. The van der Waals surface area contributed by atoms with Crippen LogP contribution in [0.15, 0.2) is 79.4 Å². The van der Waals surface area contributed by atoms with Crippen LogP contribution in [0.2, 0.25) is 0 Å². The molecular formula is C32H33NO6. The van der Waals surface area contributed by atoms with E-state index in [1.54, 1.807) is 30.3 Å². The largest absolute Gasteiger partial charge is 0.494 e. The molecule has 1 atom stereocenters. The molecule has 0 aromatic heterocycles. The van der Waals surface area contributed by atoms with E-state index in [1.165, 1.54) is 12.1 Å². The van der Waals surface area contributed by atoms with Gasteiger partial charge in [0.25, 0.3) is 11.8 Å². The predicted octanol–water partition coefficient (Wildman–Crippen LogP) is 5.78. The summed E-state index contributed by atoms with van der Waals surface area (Å²) < 4.78 is 11.6. The van der Waals surface area contributed by atoms with Crippen molar-refractivity contribution in [2.45, 2.75) is 44.8 Å². The summed E-state index contributed by atoms with van der Waals surface area (Å²) in [4.78, 5) is 38.9. The summed E-state index contributed by atoms with van der Waals surface area (Å²) >= 11 is 0. The number of nitrogens with zero attached hydrogens (tertiary/aromatic N) is 1. The molecule has 0 aliphatic carbocycles. The number of fused-ring (bicyclic) bond motifs is 1. The maximum atomic E-state index is 13.1. The van der Waals surface area contributed by atoms with E-state index >= 15 is 0 Å². The Morgan fingerprint density at radius 2 is 1.54 bits per heavy atom. The lowest BCUT2D eigenvalue weighted by molar-refractivity contribution is -0.141. The molecule has 0 fully saturated rings. The van der Waals surface area contributed by atoms with Crippen LogP contribution >= 0.6 is 0 Å². The second-order valence-corrected chi connectivity index (χ2v) is 9.49. The Morgan fingerprint density at radius 1 is 0.846 bits per heavy atom. The van der Waals surface area contributed by atoms with Crippen LogP contribution in [-0.4, -0.2) is 47.0 Å². The van der Waals surface area contributed by atoms with Gasteiger partial charge in [-0.3, -0.25) is 14.5 Å². The summed E-state index contributed by atoms with van der Waals surface area (Å²) in [6, 6.07) is 20.5. The van der Waals surface area contributed by atoms with Crippen LogP contribution in [-0.2, 0) is 22.6 Å². The molecule has 39 heavy (non-hydrogen) atoms. The number of amides is 2. The van der Waals surface area contributed by atoms with Gasteiger partial charge in [0.05, 0.1) is 24.3 Å². The van der Waals surface area contributed by atoms with Crippen molar-refractivity contribution in [1.82, 2.24) is 4.90 Å². The third kappa shape index (κ3) is 7.21. The van der Waals surface area contributed by atoms with Crippen LogP contribution in [0.5, 0.6) is 5.75 Å². The van der Waals surface area contributed by atoms with E-state index in [1.807, 2.05) is 36.4 Å². The van der Waals surface area contributed by atoms with Gasteiger partial charge in [-0.05, 0) is 54.2 Å². The summed E-state index contributed by atoms with van der Waals surface area (Å²) in [6.45, 7) is 5.53. The molecule has 202 valence electrons. The first-order chi connectivity index (χ1) is 19.0. The number of unbranched alkanes of at least 4 members (excludes halogenated alkanes) is 3. The minimum atomic E-state index is -1.29. The molecule has 0 saturated heterocycles. The molecule has 3 aromatic rings. The minimum absolute atomic E-state index is 0.0405. The maximum absolute atomic E-state index is 13.1. The number of benzene rings is 3. The fourth-order valence-corrected chi connectivity index (χ4v) is 4.53. The van der Waals surface area contributed by atoms with E-state index in [9.17, 15) is 19.5 Å². The highest BCUT2D eigenvalue weighted by Gasteiger charge is 2.43. The van der Waals surface area contributed by atoms with Crippen LogP contribution in [0, 0.1) is 0 Å². The molecule has 0 spiro atoms. The SMILES string of the molecule is C=Cc1ccc(COCCCCCCOc2ccc3c(c2)C(=O)N([C@@H](Cc2ccccc2)C(=O)O)C3=O)cc1. The zero-order valence-electron chi connectivity index (χ0n) is 21.9. The van der Waals surface area contributed by atoms with Crippen LogP contribution in [0.4, 0.5) is 0 Å². The van der Waals surface area contributed by atoms with Gasteiger partial charge in [-0.15, -0.1) is 0 Å². The molecule has 0 unspecified atom stereocenters. The highest BCUT2D eigenvalue weighted by molar-refractivity contribution is 6.22. The summed E-state index contributed by atoms with van der Waals surface area (Å²) in [5, 5.41) is 9.79. The summed E-state index contributed by atoms with van der Waals surface area (Å²) in [5.41, 5.74) is 3.34. The molecular weight excluding hydrogens is 494 g/mol. The molecule has 7 nitrogen and oxygen atoms in total. The van der Waals surface area contributed by atoms with Gasteiger partial charge in [0.15, 0.2) is 0 Å². The standard InChI is InChI=1S/C32H33NO6/c1-2-23-12-14-25(15-13-23)22-38-18-8-3-4-9-19-39-26-16-17-27-28(21-26)31(35)33(30(27)34)29(32(36)37)20-24-10-6-5-7-11-24/h2,5-7,10-17,21,29H,1,3-4,8-9,18-20,22H2,(H,36,37)/t29-/m0/s1. The Morgan fingerprint density at radius 3 is 2.23 bits per heavy atom. The van der Waals surface area contributed by atoms with E-state index in [4.69, 9.17) is 9.47 Å². The predicted molar refractivity (Wildman–Crippen MR) is 149 cm³/mol. The lowest BCUT2D eigenvalue weighted by atomic mass is 10.0. The topological polar surface area (TPSA) is 93.1 Å². The molecule has 3 aromatic carbocycles. The Balaban J connectivity index is 1.20. The molecule has 1 N–H and O–H groups in total. The van der Waals surface area contributed by atoms with Crippen LogP contribution < -0.4 is 4.74 Å². The lowest BCUT2D eigenvalue weighted by Crippen LogP contribution is -2.46. The Hall–Kier alpha value is -4.23. The minimum Gasteiger partial charge on any atom is -0.494 e. The second kappa shape index (κ2) is 13.5. The third-order valence-electron chi connectivity index (χ3n) is 6.69. The number of imide groups is 1. The zero-order chi connectivity index (χ0) is 27.6. The van der Waals surface area contributed by atoms with Crippen molar-refractivity contribution in [2.24, 2.45) is 0 Å². The van der Waals surface area contributed by atoms with Gasteiger partial charge in [0.1, 0.15) is 11.8 Å². The fourth-order valence-electron chi connectivity index (χ4n) is 4.53. The zero-order valence-corrected chi connectivity index (χ0v) is 21.9. The van der Waals surface area contributed by atoms with Crippen molar-refractivity contribution in [3.63, 3.8) is 0 Å². The average molecular weight is 528 g/mol. The molecule has 7 heteroatoms. The number of carboxylic acid groups (broad SMARTS) is 1. The van der Waals surface area contributed by atoms with E-state index in [0.717, 1.165) is 47.3 Å². The van der Waals surface area contributed by atoms with Crippen LogP contribution in [0.3, 0.4) is 0 Å². The van der Waals surface area contributed by atoms with Gasteiger partial charge in [-0.2, -0.15) is 0 Å². The normalized spacial score (nSPS) is 13.3. The van der Waals surface area contributed by atoms with Gasteiger partial charge in [0.2, 0.25) is 0 Å². The average Bonchev–Trinajstić information content (AvgIpc) is 3.20. The first kappa shape index (κ1) is 27.8. The monoisotopic (exact) mass is 527 g/mol. The molecule has 2 amide bonds. The summed E-state index contributed by atoms with van der Waals surface area (Å²) in [5.74, 6) is -1.95. The van der Waals surface area contributed by atoms with Crippen LogP contribution in [0.1, 0.15) is 63.1 Å². The van der Waals surface area contributed by atoms with Crippen molar-refractivity contribution >= 4 is 23.9 Å². The number of carbonyl (C=O) groups excluding carboxylic acids is 2. The molecule has 1 aliphatic heterocycles. The lowest BCUT2D eigenvalue weighted by Gasteiger charge is -2.22. The van der Waals surface area contributed by atoms with Crippen LogP contribution in [0.25, 0.3) is 6.08 Å². The molecule has 0 bridgehead atoms. The van der Waals surface area contributed by atoms with Gasteiger partial charge >= 0.3 is 5.97 Å². The summed E-state index contributed by atoms with van der Waals surface area (Å²) in [7, 11) is 0. The number of rotatable bonds is 15. The van der Waals surface area contributed by atoms with Gasteiger partial charge < -0.3 is 14.6 Å². The highest BCUT2D eigenvalue weighted by Crippen LogP contribution is 2.29. The first-order valence-corrected chi connectivity index (χ1v) is 13.2. The molecule has 1 heterocycles. The highest BCUT2D eigenvalue weighted by atomic mass is 16.5. The number of hydrogen-bond donors (Lipinski definition) is 1. The Labute approximate surface area is 228 Å². The van der Waals surface area contributed by atoms with E-state index < -0.39 is 23.8 Å². The molecule has 0 radical (unpaired) electrons. The van der Waals surface area contributed by atoms with Crippen molar-refractivity contribution in [1.29, 1.82) is 0 Å². The second-order valence-electron chi connectivity index (χ2n) is 9.49. The van der Waals surface area contributed by atoms with E-state index in [0.29, 0.717) is 25.6 Å².